The monoisotopic (exact) mass is 572 g/mol. The molecule has 1 unspecified atom stereocenters. The first-order chi connectivity index (χ1) is 16.5. The van der Waals surface area contributed by atoms with Gasteiger partial charge in [-0.25, -0.2) is 0 Å². The molecule has 1 amide bonds. The van der Waals surface area contributed by atoms with Gasteiger partial charge in [0.2, 0.25) is 5.76 Å². The Morgan fingerprint density at radius 1 is 0.912 bits per heavy atom. The predicted octanol–water partition coefficient (Wildman–Crippen LogP) is 6.24. The lowest BCUT2D eigenvalue weighted by molar-refractivity contribution is 0.0719. The summed E-state index contributed by atoms with van der Waals surface area (Å²) in [6.45, 7) is 8.16. The molecule has 0 saturated heterocycles. The standard InChI is InChI=1S/C28H33IN2O3/c1-3-5-16-30(17-6-4-2)18-9-19-31-25(20-12-14-21(29)15-13-20)24-26(32)22-10-7-8-11-23(22)34-27(24)28(31)33/h7-8,10-15,25H,3-6,9,16-19H2,1-2H3. The number of unbranched alkanes of at least 4 members (excludes halogenated alkanes) is 2. The van der Waals surface area contributed by atoms with Gasteiger partial charge in [-0.1, -0.05) is 51.0 Å². The second kappa shape index (κ2) is 11.5. The molecule has 1 atom stereocenters. The van der Waals surface area contributed by atoms with Crippen molar-refractivity contribution in [1.29, 1.82) is 0 Å². The van der Waals surface area contributed by atoms with Crippen molar-refractivity contribution >= 4 is 39.5 Å². The first-order valence-corrected chi connectivity index (χ1v) is 13.5. The summed E-state index contributed by atoms with van der Waals surface area (Å²) < 4.78 is 7.15. The molecule has 1 aliphatic heterocycles. The normalized spacial score (nSPS) is 15.5. The fourth-order valence-electron chi connectivity index (χ4n) is 4.75. The Balaban J connectivity index is 1.64. The Kier molecular flexibility index (Phi) is 8.42. The zero-order valence-corrected chi connectivity index (χ0v) is 22.2. The van der Waals surface area contributed by atoms with Crippen molar-refractivity contribution in [2.24, 2.45) is 0 Å². The number of hydrogen-bond donors (Lipinski definition) is 0. The lowest BCUT2D eigenvalue weighted by atomic mass is 9.98. The third-order valence-corrected chi connectivity index (χ3v) is 7.31. The smallest absolute Gasteiger partial charge is 0.290 e. The van der Waals surface area contributed by atoms with E-state index in [4.69, 9.17) is 4.42 Å². The van der Waals surface area contributed by atoms with Crippen LogP contribution in [0.5, 0.6) is 0 Å². The number of benzene rings is 2. The second-order valence-corrected chi connectivity index (χ2v) is 10.3. The first-order valence-electron chi connectivity index (χ1n) is 12.4. The Morgan fingerprint density at radius 2 is 1.56 bits per heavy atom. The topological polar surface area (TPSA) is 53.8 Å². The van der Waals surface area contributed by atoms with Crippen LogP contribution in [0.25, 0.3) is 11.0 Å². The Hall–Kier alpha value is -2.19. The number of carbonyl (C=O) groups is 1. The SMILES string of the molecule is CCCCN(CCCC)CCCN1C(=O)c2oc3ccccc3c(=O)c2C1c1ccc(I)cc1. The van der Waals surface area contributed by atoms with E-state index in [0.717, 1.165) is 35.2 Å². The number of para-hydroxylation sites is 1. The lowest BCUT2D eigenvalue weighted by Crippen LogP contribution is -2.34. The van der Waals surface area contributed by atoms with Crippen molar-refractivity contribution in [2.45, 2.75) is 52.0 Å². The van der Waals surface area contributed by atoms with Crippen molar-refractivity contribution in [3.05, 3.63) is 79.2 Å². The maximum atomic E-state index is 13.5. The summed E-state index contributed by atoms with van der Waals surface area (Å²) in [5, 5.41) is 0.525. The molecule has 0 aliphatic carbocycles. The summed E-state index contributed by atoms with van der Waals surface area (Å²) in [4.78, 5) is 31.4. The molecule has 1 aliphatic rings. The summed E-state index contributed by atoms with van der Waals surface area (Å²) in [5.74, 6) is 0.0103. The van der Waals surface area contributed by atoms with E-state index in [1.807, 2.05) is 41.3 Å². The van der Waals surface area contributed by atoms with Crippen LogP contribution in [-0.2, 0) is 0 Å². The van der Waals surface area contributed by atoms with Gasteiger partial charge in [0, 0.05) is 10.1 Å². The van der Waals surface area contributed by atoms with E-state index >= 15 is 0 Å². The molecule has 3 aromatic rings. The van der Waals surface area contributed by atoms with Crippen molar-refractivity contribution in [1.82, 2.24) is 9.80 Å². The van der Waals surface area contributed by atoms with Gasteiger partial charge in [-0.05, 0) is 91.3 Å². The molecule has 4 rings (SSSR count). The highest BCUT2D eigenvalue weighted by molar-refractivity contribution is 14.1. The van der Waals surface area contributed by atoms with E-state index in [-0.39, 0.29) is 17.1 Å². The zero-order chi connectivity index (χ0) is 24.1. The van der Waals surface area contributed by atoms with Gasteiger partial charge in [-0.15, -0.1) is 0 Å². The number of hydrogen-bond acceptors (Lipinski definition) is 4. The molecule has 180 valence electrons. The van der Waals surface area contributed by atoms with Crippen LogP contribution in [0, 0.1) is 3.57 Å². The molecule has 5 nitrogen and oxygen atoms in total. The highest BCUT2D eigenvalue weighted by Gasteiger charge is 2.42. The lowest BCUT2D eigenvalue weighted by Gasteiger charge is -2.27. The van der Waals surface area contributed by atoms with Crippen LogP contribution in [0.3, 0.4) is 0 Å². The maximum Gasteiger partial charge on any atom is 0.290 e. The van der Waals surface area contributed by atoms with Crippen LogP contribution in [-0.4, -0.2) is 41.9 Å². The minimum atomic E-state index is -0.417. The van der Waals surface area contributed by atoms with Crippen LogP contribution in [0.4, 0.5) is 0 Å². The van der Waals surface area contributed by atoms with Crippen molar-refractivity contribution in [3.8, 4) is 0 Å². The van der Waals surface area contributed by atoms with Crippen LogP contribution >= 0.6 is 22.6 Å². The summed E-state index contributed by atoms with van der Waals surface area (Å²) >= 11 is 2.27. The van der Waals surface area contributed by atoms with E-state index in [2.05, 4.69) is 41.3 Å². The third kappa shape index (κ3) is 5.23. The van der Waals surface area contributed by atoms with Crippen molar-refractivity contribution in [2.75, 3.05) is 26.2 Å². The van der Waals surface area contributed by atoms with Crippen LogP contribution in [0.2, 0.25) is 0 Å². The molecule has 0 spiro atoms. The van der Waals surface area contributed by atoms with E-state index in [9.17, 15) is 9.59 Å². The van der Waals surface area contributed by atoms with Crippen molar-refractivity contribution in [3.63, 3.8) is 0 Å². The van der Waals surface area contributed by atoms with Crippen LogP contribution in [0.15, 0.2) is 57.7 Å². The summed E-state index contributed by atoms with van der Waals surface area (Å²) in [6.07, 6.45) is 5.60. The van der Waals surface area contributed by atoms with Gasteiger partial charge in [0.15, 0.2) is 5.43 Å². The van der Waals surface area contributed by atoms with Crippen LogP contribution in [0.1, 0.15) is 73.7 Å². The van der Waals surface area contributed by atoms with Gasteiger partial charge in [-0.2, -0.15) is 0 Å². The van der Waals surface area contributed by atoms with Gasteiger partial charge < -0.3 is 14.2 Å². The third-order valence-electron chi connectivity index (χ3n) is 6.59. The molecule has 2 aromatic carbocycles. The Labute approximate surface area is 215 Å². The minimum Gasteiger partial charge on any atom is -0.450 e. The van der Waals surface area contributed by atoms with E-state index in [1.54, 1.807) is 12.1 Å². The van der Waals surface area contributed by atoms with Gasteiger partial charge in [0.05, 0.1) is 17.0 Å². The molecule has 0 radical (unpaired) electrons. The number of carbonyl (C=O) groups excluding carboxylic acids is 1. The number of fused-ring (bicyclic) bond motifs is 2. The van der Waals surface area contributed by atoms with Gasteiger partial charge in [-0.3, -0.25) is 9.59 Å². The van der Waals surface area contributed by atoms with Gasteiger partial charge in [0.1, 0.15) is 5.58 Å². The quantitative estimate of drug-likeness (QED) is 0.256. The molecule has 34 heavy (non-hydrogen) atoms. The minimum absolute atomic E-state index is 0.108. The van der Waals surface area contributed by atoms with E-state index in [1.165, 1.54) is 25.7 Å². The molecule has 0 saturated carbocycles. The molecule has 6 heteroatoms. The highest BCUT2D eigenvalue weighted by Crippen LogP contribution is 2.38. The molecular formula is C28H33IN2O3. The number of halogens is 1. The predicted molar refractivity (Wildman–Crippen MR) is 145 cm³/mol. The highest BCUT2D eigenvalue weighted by atomic mass is 127. The fourth-order valence-corrected chi connectivity index (χ4v) is 5.11. The van der Waals surface area contributed by atoms with Crippen molar-refractivity contribution < 1.29 is 9.21 Å². The average Bonchev–Trinajstić information content (AvgIpc) is 3.13. The average molecular weight is 572 g/mol. The van der Waals surface area contributed by atoms with Gasteiger partial charge >= 0.3 is 0 Å². The van der Waals surface area contributed by atoms with E-state index in [0.29, 0.717) is 23.1 Å². The molecule has 1 aromatic heterocycles. The number of rotatable bonds is 11. The molecular weight excluding hydrogens is 539 g/mol. The molecule has 0 fully saturated rings. The number of amides is 1. The first kappa shape index (κ1) is 24.9. The molecule has 0 N–H and O–H groups in total. The zero-order valence-electron chi connectivity index (χ0n) is 20.1. The van der Waals surface area contributed by atoms with E-state index < -0.39 is 6.04 Å². The van der Waals surface area contributed by atoms with Gasteiger partial charge in [0.25, 0.3) is 5.91 Å². The fraction of sp³-hybridized carbons (Fsp3) is 0.429. The maximum absolute atomic E-state index is 13.5. The number of nitrogens with zero attached hydrogens (tertiary/aromatic N) is 2. The Morgan fingerprint density at radius 3 is 2.24 bits per heavy atom. The Bertz CT molecular complexity index is 1180. The largest absolute Gasteiger partial charge is 0.450 e. The summed E-state index contributed by atoms with van der Waals surface area (Å²) in [5.41, 5.74) is 1.78. The second-order valence-electron chi connectivity index (χ2n) is 9.03. The summed E-state index contributed by atoms with van der Waals surface area (Å²) in [7, 11) is 0. The summed E-state index contributed by atoms with van der Waals surface area (Å²) in [6, 6.07) is 14.9. The van der Waals surface area contributed by atoms with Crippen LogP contribution < -0.4 is 5.43 Å². The molecule has 2 heterocycles. The molecule has 0 bridgehead atoms.